The lowest BCUT2D eigenvalue weighted by Crippen LogP contribution is -2.34. The molecule has 2 rings (SSSR count). The summed E-state index contributed by atoms with van der Waals surface area (Å²) in [6.45, 7) is 1.76. The topological polar surface area (TPSA) is 98.9 Å². The van der Waals surface area contributed by atoms with Crippen LogP contribution in [-0.4, -0.2) is 30.9 Å². The fourth-order valence-electron chi connectivity index (χ4n) is 2.79. The Hall–Kier alpha value is -2.21. The molecule has 0 heterocycles. The second-order valence-electron chi connectivity index (χ2n) is 5.46. The Morgan fingerprint density at radius 1 is 1.35 bits per heavy atom. The van der Waals surface area contributed by atoms with Gasteiger partial charge in [0.05, 0.1) is 20.1 Å². The lowest BCUT2D eigenvalue weighted by atomic mass is 9.77. The minimum Gasteiger partial charge on any atom is -0.505 e. The predicted octanol–water partition coefficient (Wildman–Crippen LogP) is 2.31. The first-order chi connectivity index (χ1) is 10.8. The Balaban J connectivity index is 2.55. The molecular formula is C16H18ClNO5. The molecule has 0 saturated heterocycles. The molecular weight excluding hydrogens is 322 g/mol. The van der Waals surface area contributed by atoms with Gasteiger partial charge >= 0.3 is 0 Å². The number of rotatable bonds is 4. The van der Waals surface area contributed by atoms with E-state index in [0.29, 0.717) is 12.1 Å². The zero-order valence-electron chi connectivity index (χ0n) is 13.1. The molecule has 1 aromatic rings. The fraction of sp³-hybridized carbons (Fsp3) is 0.375. The van der Waals surface area contributed by atoms with Gasteiger partial charge in [0.15, 0.2) is 17.3 Å². The Labute approximate surface area is 138 Å². The van der Waals surface area contributed by atoms with Gasteiger partial charge < -0.3 is 20.3 Å². The number of hydrogen-bond donors (Lipinski definition) is 2. The molecule has 0 unspecified atom stereocenters. The molecule has 0 bridgehead atoms. The van der Waals surface area contributed by atoms with Gasteiger partial charge in [-0.05, 0) is 12.3 Å². The van der Waals surface area contributed by atoms with Crippen molar-refractivity contribution in [3.05, 3.63) is 28.4 Å². The number of phenols is 1. The summed E-state index contributed by atoms with van der Waals surface area (Å²) in [7, 11) is 2.73. The first kappa shape index (κ1) is 17.1. The fourth-order valence-corrected chi connectivity index (χ4v) is 3.02. The van der Waals surface area contributed by atoms with Crippen LogP contribution in [0.15, 0.2) is 17.8 Å². The largest absolute Gasteiger partial charge is 0.505 e. The Kier molecular flexibility index (Phi) is 4.85. The van der Waals surface area contributed by atoms with E-state index in [2.05, 4.69) is 0 Å². The number of methoxy groups -OCH3 is 2. The van der Waals surface area contributed by atoms with Gasteiger partial charge in [-0.1, -0.05) is 18.5 Å². The number of phenolic OH excluding ortho intramolecular Hbond substituents is 1. The molecule has 0 amide bonds. The third-order valence-electron chi connectivity index (χ3n) is 3.90. The monoisotopic (exact) mass is 339 g/mol. The number of allylic oxidation sites excluding steroid dienone is 2. The molecule has 2 atom stereocenters. The molecule has 0 fully saturated rings. The molecule has 7 heteroatoms. The summed E-state index contributed by atoms with van der Waals surface area (Å²) in [6, 6.07) is 1.40. The highest BCUT2D eigenvalue weighted by atomic mass is 35.5. The summed E-state index contributed by atoms with van der Waals surface area (Å²) in [5.74, 6) is -2.36. The van der Waals surface area contributed by atoms with Crippen molar-refractivity contribution < 1.29 is 24.2 Å². The number of nitrogens with two attached hydrogens (primary N) is 1. The predicted molar refractivity (Wildman–Crippen MR) is 85.1 cm³/mol. The maximum Gasteiger partial charge on any atom is 0.181 e. The molecule has 124 valence electrons. The number of carbonyl (C=O) groups is 2. The highest BCUT2D eigenvalue weighted by Crippen LogP contribution is 2.44. The summed E-state index contributed by atoms with van der Waals surface area (Å²) in [4.78, 5) is 25.0. The van der Waals surface area contributed by atoms with Gasteiger partial charge in [0.25, 0.3) is 0 Å². The number of carbonyl (C=O) groups excluding carboxylic acids is 2. The third-order valence-corrected chi connectivity index (χ3v) is 4.26. The van der Waals surface area contributed by atoms with Gasteiger partial charge in [0, 0.05) is 17.8 Å². The summed E-state index contributed by atoms with van der Waals surface area (Å²) in [6.07, 6.45) is 1.69. The van der Waals surface area contributed by atoms with Gasteiger partial charge in [-0.15, -0.1) is 0 Å². The summed E-state index contributed by atoms with van der Waals surface area (Å²) < 4.78 is 10.2. The lowest BCUT2D eigenvalue weighted by molar-refractivity contribution is -0.118. The van der Waals surface area contributed by atoms with Gasteiger partial charge in [-0.3, -0.25) is 9.59 Å². The van der Waals surface area contributed by atoms with Gasteiger partial charge in [-0.25, -0.2) is 0 Å². The highest BCUT2D eigenvalue weighted by Gasteiger charge is 2.38. The first-order valence-electron chi connectivity index (χ1n) is 6.99. The van der Waals surface area contributed by atoms with Crippen LogP contribution < -0.4 is 15.2 Å². The minimum absolute atomic E-state index is 0.0938. The lowest BCUT2D eigenvalue weighted by Gasteiger charge is -2.26. The van der Waals surface area contributed by atoms with Crippen LogP contribution in [0.1, 0.15) is 23.7 Å². The average Bonchev–Trinajstić information content (AvgIpc) is 2.48. The van der Waals surface area contributed by atoms with Crippen LogP contribution in [0.25, 0.3) is 0 Å². The van der Waals surface area contributed by atoms with E-state index in [9.17, 15) is 14.7 Å². The van der Waals surface area contributed by atoms with E-state index in [1.165, 1.54) is 26.4 Å². The van der Waals surface area contributed by atoms with Crippen LogP contribution in [0.2, 0.25) is 5.02 Å². The van der Waals surface area contributed by atoms with E-state index in [0.717, 1.165) is 0 Å². The first-order valence-corrected chi connectivity index (χ1v) is 7.37. The second-order valence-corrected chi connectivity index (χ2v) is 5.84. The van der Waals surface area contributed by atoms with E-state index in [4.69, 9.17) is 26.8 Å². The van der Waals surface area contributed by atoms with Crippen LogP contribution in [0, 0.1) is 11.8 Å². The third kappa shape index (κ3) is 2.99. The minimum atomic E-state index is -0.938. The SMILES string of the molecule is COc1cc(OC)c(C(=O)[C@H]2C(=O)C=C(N)C[C@H]2C)c(O)c1Cl. The summed E-state index contributed by atoms with van der Waals surface area (Å²) in [5.41, 5.74) is 5.99. The van der Waals surface area contributed by atoms with Crippen molar-refractivity contribution in [2.75, 3.05) is 14.2 Å². The van der Waals surface area contributed by atoms with E-state index in [1.54, 1.807) is 6.92 Å². The van der Waals surface area contributed by atoms with Crippen molar-refractivity contribution in [3.63, 3.8) is 0 Å². The molecule has 0 aliphatic heterocycles. The Bertz CT molecular complexity index is 698. The highest BCUT2D eigenvalue weighted by molar-refractivity contribution is 6.34. The van der Waals surface area contributed by atoms with Crippen molar-refractivity contribution in [3.8, 4) is 17.2 Å². The number of Topliss-reactive ketones (excluding diaryl/α,β-unsaturated/α-hetero) is 1. The van der Waals surface area contributed by atoms with Crippen LogP contribution in [-0.2, 0) is 4.79 Å². The molecule has 0 radical (unpaired) electrons. The maximum absolute atomic E-state index is 12.8. The van der Waals surface area contributed by atoms with Crippen LogP contribution in [0.3, 0.4) is 0 Å². The number of benzene rings is 1. The van der Waals surface area contributed by atoms with Crippen LogP contribution >= 0.6 is 11.6 Å². The number of hydrogen-bond acceptors (Lipinski definition) is 6. The standard InChI is InChI=1S/C16H18ClNO5/c1-7-4-8(18)5-9(19)12(7)15(20)13-10(22-2)6-11(23-3)14(17)16(13)21/h5-7,12,21H,4,18H2,1-3H3/t7-,12-/m1/s1. The molecule has 0 spiro atoms. The second kappa shape index (κ2) is 6.50. The summed E-state index contributed by atoms with van der Waals surface area (Å²) >= 11 is 6.01. The molecule has 23 heavy (non-hydrogen) atoms. The van der Waals surface area contributed by atoms with E-state index in [-0.39, 0.29) is 33.8 Å². The molecule has 6 nitrogen and oxygen atoms in total. The normalized spacial score (nSPS) is 20.9. The van der Waals surface area contributed by atoms with Crippen molar-refractivity contribution >= 4 is 23.2 Å². The molecule has 0 aromatic heterocycles. The van der Waals surface area contributed by atoms with Gasteiger partial charge in [0.2, 0.25) is 0 Å². The van der Waals surface area contributed by atoms with Crippen LogP contribution in [0.5, 0.6) is 17.2 Å². The van der Waals surface area contributed by atoms with Crippen LogP contribution in [0.4, 0.5) is 0 Å². The van der Waals surface area contributed by atoms with E-state index >= 15 is 0 Å². The van der Waals surface area contributed by atoms with E-state index in [1.807, 2.05) is 0 Å². The van der Waals surface area contributed by atoms with Crippen molar-refractivity contribution in [2.24, 2.45) is 17.6 Å². The van der Waals surface area contributed by atoms with Crippen molar-refractivity contribution in [2.45, 2.75) is 13.3 Å². The smallest absolute Gasteiger partial charge is 0.181 e. The molecule has 3 N–H and O–H groups in total. The number of ether oxygens (including phenoxy) is 2. The molecule has 1 aromatic carbocycles. The molecule has 1 aliphatic rings. The number of halogens is 1. The average molecular weight is 340 g/mol. The summed E-state index contributed by atoms with van der Waals surface area (Å²) in [5, 5.41) is 10.2. The number of ketones is 2. The van der Waals surface area contributed by atoms with Crippen molar-refractivity contribution in [1.29, 1.82) is 0 Å². The Morgan fingerprint density at radius 2 is 1.96 bits per heavy atom. The van der Waals surface area contributed by atoms with Gasteiger partial charge in [0.1, 0.15) is 22.1 Å². The molecule has 0 saturated carbocycles. The van der Waals surface area contributed by atoms with E-state index < -0.39 is 17.5 Å². The van der Waals surface area contributed by atoms with Crippen molar-refractivity contribution in [1.82, 2.24) is 0 Å². The zero-order valence-corrected chi connectivity index (χ0v) is 13.8. The van der Waals surface area contributed by atoms with Gasteiger partial charge in [-0.2, -0.15) is 0 Å². The Morgan fingerprint density at radius 3 is 2.48 bits per heavy atom. The zero-order chi connectivity index (χ0) is 17.3. The maximum atomic E-state index is 12.8. The number of aromatic hydroxyl groups is 1. The molecule has 1 aliphatic carbocycles. The quantitative estimate of drug-likeness (QED) is 0.645.